The molecule has 1 heterocycles. The number of benzene rings is 1. The van der Waals surface area contributed by atoms with Crippen LogP contribution in [0.5, 0.6) is 0 Å². The number of carbonyl (C=O) groups is 2. The van der Waals surface area contributed by atoms with Crippen molar-refractivity contribution in [1.29, 1.82) is 0 Å². The number of Topliss-reactive ketones (excluding diaryl/α,β-unsaturated/α-hetero) is 1. The Labute approximate surface area is 135 Å². The van der Waals surface area contributed by atoms with E-state index in [1.165, 1.54) is 11.8 Å². The number of rotatable bonds is 7. The Morgan fingerprint density at radius 1 is 1.41 bits per heavy atom. The van der Waals surface area contributed by atoms with E-state index in [0.29, 0.717) is 6.42 Å². The minimum absolute atomic E-state index is 0.0210. The van der Waals surface area contributed by atoms with E-state index in [-0.39, 0.29) is 17.6 Å². The van der Waals surface area contributed by atoms with Crippen LogP contribution in [0.3, 0.4) is 0 Å². The molecule has 120 valence electrons. The average molecular weight is 321 g/mol. The first-order valence-corrected chi connectivity index (χ1v) is 8.57. The maximum atomic E-state index is 11.9. The Bertz CT molecular complexity index is 538. The zero-order valence-corrected chi connectivity index (χ0v) is 13.9. The molecule has 2 rings (SSSR count). The molecule has 0 bridgehead atoms. The molecule has 0 aliphatic carbocycles. The smallest absolute Gasteiger partial charge is 0.317 e. The van der Waals surface area contributed by atoms with Crippen LogP contribution >= 0.6 is 11.8 Å². The number of carboxylic acids is 1. The van der Waals surface area contributed by atoms with E-state index in [1.807, 2.05) is 38.1 Å². The topological polar surface area (TPSA) is 66.4 Å². The Morgan fingerprint density at radius 2 is 2.18 bits per heavy atom. The van der Waals surface area contributed by atoms with Crippen LogP contribution < -0.4 is 5.32 Å². The fourth-order valence-corrected chi connectivity index (χ4v) is 3.76. The van der Waals surface area contributed by atoms with Crippen LogP contribution in [0.25, 0.3) is 0 Å². The maximum Gasteiger partial charge on any atom is 0.317 e. The van der Waals surface area contributed by atoms with Gasteiger partial charge in [-0.1, -0.05) is 26.0 Å². The van der Waals surface area contributed by atoms with Gasteiger partial charge in [0.15, 0.2) is 0 Å². The van der Waals surface area contributed by atoms with Crippen molar-refractivity contribution in [2.45, 2.75) is 36.8 Å². The molecule has 4 nitrogen and oxygen atoms in total. The minimum Gasteiger partial charge on any atom is -0.480 e. The predicted octanol–water partition coefficient (Wildman–Crippen LogP) is 2.61. The molecule has 0 amide bonds. The average Bonchev–Trinajstić information content (AvgIpc) is 2.98. The highest BCUT2D eigenvalue weighted by atomic mass is 32.2. The Hall–Kier alpha value is -1.33. The zero-order valence-electron chi connectivity index (χ0n) is 13.0. The number of hydrogen-bond donors (Lipinski definition) is 2. The second-order valence-electron chi connectivity index (χ2n) is 6.07. The van der Waals surface area contributed by atoms with Gasteiger partial charge < -0.3 is 10.4 Å². The summed E-state index contributed by atoms with van der Waals surface area (Å²) in [5.41, 5.74) is 0.956. The van der Waals surface area contributed by atoms with Crippen molar-refractivity contribution in [2.24, 2.45) is 11.8 Å². The van der Waals surface area contributed by atoms with Gasteiger partial charge in [0.2, 0.25) is 0 Å². The van der Waals surface area contributed by atoms with E-state index in [2.05, 4.69) is 5.32 Å². The molecule has 5 heteroatoms. The fraction of sp³-hybridized carbons (Fsp3) is 0.529. The summed E-state index contributed by atoms with van der Waals surface area (Å²) in [5.74, 6) is -0.379. The van der Waals surface area contributed by atoms with E-state index >= 15 is 0 Å². The lowest BCUT2D eigenvalue weighted by Crippen LogP contribution is -2.28. The Morgan fingerprint density at radius 3 is 2.77 bits per heavy atom. The lowest BCUT2D eigenvalue weighted by molar-refractivity contribution is -0.137. The molecule has 0 radical (unpaired) electrons. The summed E-state index contributed by atoms with van der Waals surface area (Å²) in [6.45, 7) is 5.44. The van der Waals surface area contributed by atoms with Gasteiger partial charge in [-0.15, -0.1) is 11.8 Å². The number of aliphatic carboxylic acids is 1. The summed E-state index contributed by atoms with van der Waals surface area (Å²) < 4.78 is 0. The first-order valence-electron chi connectivity index (χ1n) is 7.69. The zero-order chi connectivity index (χ0) is 16.1. The van der Waals surface area contributed by atoms with E-state index in [9.17, 15) is 14.7 Å². The molecule has 2 N–H and O–H groups in total. The van der Waals surface area contributed by atoms with Crippen LogP contribution in [0.1, 0.15) is 25.8 Å². The largest absolute Gasteiger partial charge is 0.480 e. The molecule has 1 fully saturated rings. The number of carboxylic acid groups (broad SMARTS) is 1. The molecule has 0 saturated carbocycles. The lowest BCUT2D eigenvalue weighted by Gasteiger charge is -2.18. The predicted molar refractivity (Wildman–Crippen MR) is 88.2 cm³/mol. The molecule has 22 heavy (non-hydrogen) atoms. The van der Waals surface area contributed by atoms with Gasteiger partial charge in [-0.25, -0.2) is 0 Å². The molecular weight excluding hydrogens is 298 g/mol. The number of hydrogen-bond acceptors (Lipinski definition) is 4. The van der Waals surface area contributed by atoms with Gasteiger partial charge >= 0.3 is 5.97 Å². The summed E-state index contributed by atoms with van der Waals surface area (Å²) in [4.78, 5) is 24.3. The van der Waals surface area contributed by atoms with Gasteiger partial charge in [-0.05, 0) is 43.1 Å². The van der Waals surface area contributed by atoms with Crippen LogP contribution in [0, 0.1) is 11.8 Å². The standard InChI is InChI=1S/C17H23NO3S/c1-11(2)15(19)9-12-4-3-5-14(8-12)22-16(17(20)21)13-6-7-18-10-13/h3-5,8,11,13,16,18H,6-7,9-10H2,1-2H3,(H,20,21)/t13-,16+/m1/s1. The molecule has 1 aromatic rings. The third-order valence-electron chi connectivity index (χ3n) is 3.95. The number of ketones is 1. The summed E-state index contributed by atoms with van der Waals surface area (Å²) in [6.07, 6.45) is 1.31. The molecule has 1 aliphatic rings. The minimum atomic E-state index is -0.762. The Kier molecular flexibility index (Phi) is 6.03. The van der Waals surface area contributed by atoms with Crippen LogP contribution in [-0.2, 0) is 16.0 Å². The Balaban J connectivity index is 2.07. The van der Waals surface area contributed by atoms with Gasteiger partial charge in [0.1, 0.15) is 11.0 Å². The van der Waals surface area contributed by atoms with Gasteiger partial charge in [0, 0.05) is 17.2 Å². The second kappa shape index (κ2) is 7.79. The quantitative estimate of drug-likeness (QED) is 0.756. The molecule has 0 unspecified atom stereocenters. The monoisotopic (exact) mass is 321 g/mol. The van der Waals surface area contributed by atoms with Gasteiger partial charge in [-0.2, -0.15) is 0 Å². The van der Waals surface area contributed by atoms with Crippen LogP contribution in [0.4, 0.5) is 0 Å². The second-order valence-corrected chi connectivity index (χ2v) is 7.29. The SMILES string of the molecule is CC(C)C(=O)Cc1cccc(S[C@H](C(=O)O)[C@@H]2CCNC2)c1. The van der Waals surface area contributed by atoms with Crippen molar-refractivity contribution in [1.82, 2.24) is 5.32 Å². The van der Waals surface area contributed by atoms with Crippen molar-refractivity contribution in [3.63, 3.8) is 0 Å². The van der Waals surface area contributed by atoms with E-state index in [1.54, 1.807) is 0 Å². The van der Waals surface area contributed by atoms with Gasteiger partial charge in [-0.3, -0.25) is 9.59 Å². The van der Waals surface area contributed by atoms with E-state index < -0.39 is 11.2 Å². The molecule has 1 aliphatic heterocycles. The lowest BCUT2D eigenvalue weighted by atomic mass is 10.0. The van der Waals surface area contributed by atoms with Gasteiger partial charge in [0.05, 0.1) is 0 Å². The number of thioether (sulfide) groups is 1. The molecular formula is C17H23NO3S. The number of nitrogens with one attached hydrogen (secondary N) is 1. The van der Waals surface area contributed by atoms with Crippen molar-refractivity contribution in [3.05, 3.63) is 29.8 Å². The third-order valence-corrected chi connectivity index (χ3v) is 5.32. The maximum absolute atomic E-state index is 11.9. The molecule has 1 saturated heterocycles. The first kappa shape index (κ1) is 17.0. The van der Waals surface area contributed by atoms with Crippen molar-refractivity contribution in [2.75, 3.05) is 13.1 Å². The molecule has 1 aromatic carbocycles. The first-order chi connectivity index (χ1) is 10.5. The molecule has 0 aromatic heterocycles. The van der Waals surface area contributed by atoms with E-state index in [4.69, 9.17) is 0 Å². The van der Waals surface area contributed by atoms with Crippen LogP contribution in [-0.4, -0.2) is 35.2 Å². The molecule has 0 spiro atoms. The number of carbonyl (C=O) groups excluding carboxylic acids is 1. The summed E-state index contributed by atoms with van der Waals surface area (Å²) >= 11 is 1.39. The summed E-state index contributed by atoms with van der Waals surface area (Å²) in [7, 11) is 0. The van der Waals surface area contributed by atoms with E-state index in [0.717, 1.165) is 30.0 Å². The highest BCUT2D eigenvalue weighted by Crippen LogP contribution is 2.32. The van der Waals surface area contributed by atoms with Crippen LogP contribution in [0.2, 0.25) is 0 Å². The highest BCUT2D eigenvalue weighted by molar-refractivity contribution is 8.00. The summed E-state index contributed by atoms with van der Waals surface area (Å²) in [5, 5.41) is 12.3. The normalized spacial score (nSPS) is 19.3. The third kappa shape index (κ3) is 4.58. The summed E-state index contributed by atoms with van der Waals surface area (Å²) in [6, 6.07) is 7.70. The van der Waals surface area contributed by atoms with Gasteiger partial charge in [0.25, 0.3) is 0 Å². The van der Waals surface area contributed by atoms with Crippen LogP contribution in [0.15, 0.2) is 29.2 Å². The highest BCUT2D eigenvalue weighted by Gasteiger charge is 2.31. The van der Waals surface area contributed by atoms with Crippen molar-refractivity contribution >= 4 is 23.5 Å². The van der Waals surface area contributed by atoms with Crippen molar-refractivity contribution < 1.29 is 14.7 Å². The van der Waals surface area contributed by atoms with Crippen molar-refractivity contribution in [3.8, 4) is 0 Å². The molecule has 2 atom stereocenters. The fourth-order valence-electron chi connectivity index (χ4n) is 2.56.